The second-order valence-electron chi connectivity index (χ2n) is 6.89. The molecule has 4 aromatic rings. The molecule has 0 aliphatic carbocycles. The van der Waals surface area contributed by atoms with E-state index in [4.69, 9.17) is 16.3 Å². The van der Waals surface area contributed by atoms with Crippen LogP contribution in [0.25, 0.3) is 11.4 Å². The van der Waals surface area contributed by atoms with Gasteiger partial charge in [0.05, 0.1) is 21.3 Å². The monoisotopic (exact) mass is 505 g/mol. The molecule has 0 bridgehead atoms. The number of amides is 2. The minimum absolute atomic E-state index is 0.0626. The number of aryl methyl sites for hydroxylation is 1. The number of urea groups is 1. The summed E-state index contributed by atoms with van der Waals surface area (Å²) in [4.78, 5) is 25.0. The van der Waals surface area contributed by atoms with E-state index in [-0.39, 0.29) is 11.6 Å². The van der Waals surface area contributed by atoms with E-state index in [0.29, 0.717) is 22.8 Å². The quantitative estimate of drug-likeness (QED) is 0.304. The molecule has 0 fully saturated rings. The Kier molecular flexibility index (Phi) is 6.66. The van der Waals surface area contributed by atoms with Crippen LogP contribution in [0.15, 0.2) is 60.2 Å². The number of thiazole rings is 1. The average molecular weight is 506 g/mol. The first-order chi connectivity index (χ1) is 16.2. The molecule has 0 aliphatic rings. The lowest BCUT2D eigenvalue weighted by molar-refractivity contribution is -0.137. The van der Waals surface area contributed by atoms with E-state index in [1.807, 2.05) is 12.3 Å². The summed E-state index contributed by atoms with van der Waals surface area (Å²) in [7, 11) is 0. The summed E-state index contributed by atoms with van der Waals surface area (Å²) in [6.45, 7) is 1.89. The largest absolute Gasteiger partial charge is 0.439 e. The summed E-state index contributed by atoms with van der Waals surface area (Å²) < 4.78 is 44.8. The topological polar surface area (TPSA) is 89.0 Å². The molecule has 4 rings (SSSR count). The molecule has 12 heteroatoms. The van der Waals surface area contributed by atoms with E-state index >= 15 is 0 Å². The van der Waals surface area contributed by atoms with Crippen LogP contribution in [0.1, 0.15) is 10.6 Å². The number of hydrogen-bond acceptors (Lipinski definition) is 6. The van der Waals surface area contributed by atoms with Gasteiger partial charge < -0.3 is 15.4 Å². The third kappa shape index (κ3) is 5.80. The highest BCUT2D eigenvalue weighted by Gasteiger charge is 2.33. The second kappa shape index (κ2) is 9.65. The molecule has 0 saturated carbocycles. The SMILES string of the molecule is Cc1nc(-c2cc(Oc3cccc(NC(=O)Nc4ccc(Cl)c(C(F)(F)F)c4)c3)ncn2)cs1. The van der Waals surface area contributed by atoms with Gasteiger partial charge in [-0.15, -0.1) is 11.3 Å². The molecule has 0 aliphatic heterocycles. The number of carbonyl (C=O) groups excluding carboxylic acids is 1. The highest BCUT2D eigenvalue weighted by molar-refractivity contribution is 7.09. The first kappa shape index (κ1) is 23.5. The van der Waals surface area contributed by atoms with E-state index < -0.39 is 22.8 Å². The first-order valence-corrected chi connectivity index (χ1v) is 10.9. The maximum Gasteiger partial charge on any atom is 0.417 e. The fraction of sp³-hybridized carbons (Fsp3) is 0.0909. The highest BCUT2D eigenvalue weighted by Crippen LogP contribution is 2.36. The average Bonchev–Trinajstić information content (AvgIpc) is 3.21. The lowest BCUT2D eigenvalue weighted by Gasteiger charge is -2.13. The molecule has 0 unspecified atom stereocenters. The Balaban J connectivity index is 1.44. The lowest BCUT2D eigenvalue weighted by atomic mass is 10.2. The van der Waals surface area contributed by atoms with Crippen molar-refractivity contribution in [1.29, 1.82) is 0 Å². The summed E-state index contributed by atoms with van der Waals surface area (Å²) in [5.74, 6) is 0.654. The van der Waals surface area contributed by atoms with Crippen LogP contribution >= 0.6 is 22.9 Å². The number of halogens is 4. The number of rotatable bonds is 5. The van der Waals surface area contributed by atoms with E-state index in [2.05, 4.69) is 25.6 Å². The van der Waals surface area contributed by atoms with Crippen molar-refractivity contribution in [2.75, 3.05) is 10.6 Å². The molecule has 2 heterocycles. The third-order valence-electron chi connectivity index (χ3n) is 4.37. The van der Waals surface area contributed by atoms with Gasteiger partial charge in [0.25, 0.3) is 0 Å². The van der Waals surface area contributed by atoms with Crippen molar-refractivity contribution in [2.24, 2.45) is 0 Å². The van der Waals surface area contributed by atoms with Crippen molar-refractivity contribution in [2.45, 2.75) is 13.1 Å². The molecule has 0 spiro atoms. The predicted molar refractivity (Wildman–Crippen MR) is 123 cm³/mol. The number of benzene rings is 2. The molecular formula is C22H15ClF3N5O2S. The van der Waals surface area contributed by atoms with Crippen molar-refractivity contribution in [3.05, 3.63) is 75.8 Å². The molecule has 2 aromatic carbocycles. The Bertz CT molecular complexity index is 1350. The third-order valence-corrected chi connectivity index (χ3v) is 5.47. The molecule has 2 aromatic heterocycles. The summed E-state index contributed by atoms with van der Waals surface area (Å²) in [6, 6.07) is 10.4. The number of anilines is 2. The van der Waals surface area contributed by atoms with Gasteiger partial charge in [-0.3, -0.25) is 0 Å². The van der Waals surface area contributed by atoms with Gasteiger partial charge in [0, 0.05) is 28.9 Å². The summed E-state index contributed by atoms with van der Waals surface area (Å²) in [6.07, 6.45) is -3.29. The Morgan fingerprint density at radius 1 is 1.03 bits per heavy atom. The number of carbonyl (C=O) groups is 1. The fourth-order valence-electron chi connectivity index (χ4n) is 2.89. The number of nitrogens with zero attached hydrogens (tertiary/aromatic N) is 3. The zero-order valence-electron chi connectivity index (χ0n) is 17.4. The van der Waals surface area contributed by atoms with Gasteiger partial charge in [0.2, 0.25) is 5.88 Å². The molecule has 34 heavy (non-hydrogen) atoms. The van der Waals surface area contributed by atoms with Crippen molar-refractivity contribution >= 4 is 40.3 Å². The molecule has 174 valence electrons. The first-order valence-electron chi connectivity index (χ1n) is 9.64. The molecule has 0 atom stereocenters. The van der Waals surface area contributed by atoms with Crippen LogP contribution in [0.3, 0.4) is 0 Å². The minimum atomic E-state index is -4.64. The van der Waals surface area contributed by atoms with Crippen LogP contribution in [0.5, 0.6) is 11.6 Å². The smallest absolute Gasteiger partial charge is 0.417 e. The Morgan fingerprint density at radius 2 is 1.79 bits per heavy atom. The molecular weight excluding hydrogens is 491 g/mol. The predicted octanol–water partition coefficient (Wildman–Crippen LogP) is 7.02. The highest BCUT2D eigenvalue weighted by atomic mass is 35.5. The van der Waals surface area contributed by atoms with Gasteiger partial charge in [-0.25, -0.2) is 19.7 Å². The summed E-state index contributed by atoms with van der Waals surface area (Å²) >= 11 is 7.10. The van der Waals surface area contributed by atoms with Crippen molar-refractivity contribution < 1.29 is 22.7 Å². The van der Waals surface area contributed by atoms with E-state index in [9.17, 15) is 18.0 Å². The van der Waals surface area contributed by atoms with Gasteiger partial charge in [0.1, 0.15) is 17.8 Å². The van der Waals surface area contributed by atoms with Crippen LogP contribution in [-0.4, -0.2) is 21.0 Å². The minimum Gasteiger partial charge on any atom is -0.439 e. The molecule has 0 radical (unpaired) electrons. The molecule has 0 saturated heterocycles. The van der Waals surface area contributed by atoms with Crippen LogP contribution < -0.4 is 15.4 Å². The van der Waals surface area contributed by atoms with Gasteiger partial charge in [-0.1, -0.05) is 17.7 Å². The summed E-state index contributed by atoms with van der Waals surface area (Å²) in [5.41, 5.74) is 0.554. The zero-order valence-corrected chi connectivity index (χ0v) is 18.9. The Labute approximate surface area is 200 Å². The van der Waals surface area contributed by atoms with Gasteiger partial charge in [0.15, 0.2) is 0 Å². The number of aromatic nitrogens is 3. The number of nitrogens with one attached hydrogen (secondary N) is 2. The molecule has 2 amide bonds. The van der Waals surface area contributed by atoms with Crippen molar-refractivity contribution in [1.82, 2.24) is 15.0 Å². The number of alkyl halides is 3. The van der Waals surface area contributed by atoms with Crippen molar-refractivity contribution in [3.63, 3.8) is 0 Å². The van der Waals surface area contributed by atoms with Crippen LogP contribution in [-0.2, 0) is 6.18 Å². The van der Waals surface area contributed by atoms with Gasteiger partial charge in [-0.05, 0) is 37.3 Å². The maximum atomic E-state index is 13.0. The summed E-state index contributed by atoms with van der Waals surface area (Å²) in [5, 5.41) is 7.22. The number of ether oxygens (including phenoxy) is 1. The number of hydrogen-bond donors (Lipinski definition) is 2. The van der Waals surface area contributed by atoms with Crippen LogP contribution in [0.4, 0.5) is 29.3 Å². The van der Waals surface area contributed by atoms with E-state index in [0.717, 1.165) is 17.1 Å². The zero-order chi connectivity index (χ0) is 24.3. The lowest BCUT2D eigenvalue weighted by Crippen LogP contribution is -2.20. The van der Waals surface area contributed by atoms with Gasteiger partial charge in [-0.2, -0.15) is 13.2 Å². The van der Waals surface area contributed by atoms with Crippen molar-refractivity contribution in [3.8, 4) is 23.0 Å². The Morgan fingerprint density at radius 3 is 2.50 bits per heavy atom. The fourth-order valence-corrected chi connectivity index (χ4v) is 3.72. The van der Waals surface area contributed by atoms with Crippen LogP contribution in [0.2, 0.25) is 5.02 Å². The van der Waals surface area contributed by atoms with Gasteiger partial charge >= 0.3 is 12.2 Å². The van der Waals surface area contributed by atoms with Crippen LogP contribution in [0, 0.1) is 6.92 Å². The Hall–Kier alpha value is -3.70. The van der Waals surface area contributed by atoms with E-state index in [1.165, 1.54) is 29.8 Å². The standard InChI is InChI=1S/C22H15ClF3N5O2S/c1-12-29-19(10-34-12)18-9-20(28-11-27-18)33-15-4-2-3-13(7-15)30-21(32)31-14-5-6-17(23)16(8-14)22(24,25)26/h2-11H,1H3,(H2,30,31,32). The second-order valence-corrected chi connectivity index (χ2v) is 8.36. The molecule has 7 nitrogen and oxygen atoms in total. The molecule has 2 N–H and O–H groups in total. The van der Waals surface area contributed by atoms with E-state index in [1.54, 1.807) is 24.3 Å². The maximum absolute atomic E-state index is 13.0. The normalized spacial score (nSPS) is 11.2.